The van der Waals surface area contributed by atoms with Gasteiger partial charge in [0.25, 0.3) is 5.91 Å². The molecule has 1 amide bonds. The molecule has 0 aliphatic carbocycles. The summed E-state index contributed by atoms with van der Waals surface area (Å²) in [5.74, 6) is -0.205. The Labute approximate surface area is 108 Å². The molecule has 1 aromatic rings. The molecule has 0 spiro atoms. The number of carbonyl (C=O) groups excluding carboxylic acids is 1. The number of nitrogens with two attached hydrogens (primary N) is 1. The number of aryl methyl sites for hydroxylation is 1. The zero-order valence-electron chi connectivity index (χ0n) is 11.0. The van der Waals surface area contributed by atoms with Gasteiger partial charge in [-0.05, 0) is 44.0 Å². The Morgan fingerprint density at radius 1 is 1.33 bits per heavy atom. The van der Waals surface area contributed by atoms with Gasteiger partial charge in [-0.15, -0.1) is 0 Å². The van der Waals surface area contributed by atoms with Crippen LogP contribution in [-0.2, 0) is 10.0 Å². The van der Waals surface area contributed by atoms with Gasteiger partial charge < -0.3 is 4.90 Å². The molecule has 1 rings (SSSR count). The third kappa shape index (κ3) is 2.88. The number of hydrogen-bond donors (Lipinski definition) is 1. The number of benzene rings is 1. The van der Waals surface area contributed by atoms with Crippen LogP contribution in [0.3, 0.4) is 0 Å². The van der Waals surface area contributed by atoms with Gasteiger partial charge in [0.05, 0.1) is 4.90 Å². The molecule has 100 valence electrons. The summed E-state index contributed by atoms with van der Waals surface area (Å²) in [6.07, 6.45) is 0. The van der Waals surface area contributed by atoms with Gasteiger partial charge in [-0.2, -0.15) is 0 Å². The highest BCUT2D eigenvalue weighted by molar-refractivity contribution is 7.89. The van der Waals surface area contributed by atoms with E-state index in [1.807, 2.05) is 6.92 Å². The summed E-state index contributed by atoms with van der Waals surface area (Å²) in [5, 5.41) is 5.10. The molecule has 6 heteroatoms. The van der Waals surface area contributed by atoms with E-state index in [0.717, 1.165) is 11.1 Å². The van der Waals surface area contributed by atoms with Crippen molar-refractivity contribution in [2.24, 2.45) is 5.14 Å². The van der Waals surface area contributed by atoms with Gasteiger partial charge in [-0.3, -0.25) is 4.79 Å². The standard InChI is InChI=1S/C12H18N2O3S/c1-5-14(4)12(15)11-7-10(18(13,16)17)6-8(2)9(11)3/h6-7H,5H2,1-4H3,(H2,13,16,17). The van der Waals surface area contributed by atoms with Gasteiger partial charge in [0.15, 0.2) is 0 Å². The molecule has 0 saturated heterocycles. The molecule has 5 nitrogen and oxygen atoms in total. The fourth-order valence-corrected chi connectivity index (χ4v) is 2.19. The molecule has 0 aromatic heterocycles. The third-order valence-electron chi connectivity index (χ3n) is 3.02. The summed E-state index contributed by atoms with van der Waals surface area (Å²) in [4.78, 5) is 13.6. The molecule has 0 unspecified atom stereocenters. The van der Waals surface area contributed by atoms with Gasteiger partial charge in [-0.1, -0.05) is 0 Å². The van der Waals surface area contributed by atoms with E-state index in [0.29, 0.717) is 12.1 Å². The second-order valence-corrected chi connectivity index (χ2v) is 5.84. The molecular formula is C12H18N2O3S. The van der Waals surface area contributed by atoms with Crippen molar-refractivity contribution < 1.29 is 13.2 Å². The van der Waals surface area contributed by atoms with E-state index >= 15 is 0 Å². The Balaban J connectivity index is 3.45. The van der Waals surface area contributed by atoms with E-state index in [-0.39, 0.29) is 10.8 Å². The highest BCUT2D eigenvalue weighted by atomic mass is 32.2. The van der Waals surface area contributed by atoms with E-state index < -0.39 is 10.0 Å². The fraction of sp³-hybridized carbons (Fsp3) is 0.417. The molecule has 0 bridgehead atoms. The predicted octanol–water partition coefficient (Wildman–Crippen LogP) is 1.04. The number of primary sulfonamides is 1. The summed E-state index contributed by atoms with van der Waals surface area (Å²) in [7, 11) is -2.13. The van der Waals surface area contributed by atoms with Gasteiger partial charge in [0.2, 0.25) is 10.0 Å². The first-order valence-electron chi connectivity index (χ1n) is 5.58. The maximum Gasteiger partial charge on any atom is 0.253 e. The lowest BCUT2D eigenvalue weighted by Gasteiger charge is -2.17. The number of sulfonamides is 1. The SMILES string of the molecule is CCN(C)C(=O)c1cc(S(N)(=O)=O)cc(C)c1C. The van der Waals surface area contributed by atoms with Crippen LogP contribution >= 0.6 is 0 Å². The first-order valence-corrected chi connectivity index (χ1v) is 7.12. The van der Waals surface area contributed by atoms with E-state index in [4.69, 9.17) is 5.14 Å². The van der Waals surface area contributed by atoms with Crippen LogP contribution < -0.4 is 5.14 Å². The second kappa shape index (κ2) is 5.07. The maximum atomic E-state index is 12.1. The summed E-state index contributed by atoms with van der Waals surface area (Å²) < 4.78 is 22.7. The molecule has 0 aliphatic heterocycles. The van der Waals surface area contributed by atoms with Crippen molar-refractivity contribution >= 4 is 15.9 Å². The highest BCUT2D eigenvalue weighted by Gasteiger charge is 2.18. The molecule has 0 saturated carbocycles. The number of hydrogen-bond acceptors (Lipinski definition) is 3. The summed E-state index contributed by atoms with van der Waals surface area (Å²) in [5.41, 5.74) is 1.88. The van der Waals surface area contributed by atoms with Crippen molar-refractivity contribution in [2.45, 2.75) is 25.7 Å². The number of rotatable bonds is 3. The van der Waals surface area contributed by atoms with Crippen molar-refractivity contribution in [1.29, 1.82) is 0 Å². The Bertz CT molecular complexity index is 579. The first-order chi connectivity index (χ1) is 8.18. The number of amides is 1. The largest absolute Gasteiger partial charge is 0.342 e. The van der Waals surface area contributed by atoms with Gasteiger partial charge in [0, 0.05) is 19.2 Å². The Morgan fingerprint density at radius 2 is 1.89 bits per heavy atom. The molecule has 0 fully saturated rings. The van der Waals surface area contributed by atoms with Crippen molar-refractivity contribution in [3.05, 3.63) is 28.8 Å². The van der Waals surface area contributed by atoms with Crippen molar-refractivity contribution in [2.75, 3.05) is 13.6 Å². The molecule has 2 N–H and O–H groups in total. The molecule has 0 aliphatic rings. The van der Waals surface area contributed by atoms with E-state index in [9.17, 15) is 13.2 Å². The molecule has 0 radical (unpaired) electrons. The van der Waals surface area contributed by atoms with Gasteiger partial charge >= 0.3 is 0 Å². The van der Waals surface area contributed by atoms with Gasteiger partial charge in [0.1, 0.15) is 0 Å². The summed E-state index contributed by atoms with van der Waals surface area (Å²) in [6.45, 7) is 5.95. The Kier molecular flexibility index (Phi) is 4.13. The van der Waals surface area contributed by atoms with Crippen molar-refractivity contribution in [1.82, 2.24) is 4.90 Å². The van der Waals surface area contributed by atoms with Crippen molar-refractivity contribution in [3.63, 3.8) is 0 Å². The third-order valence-corrected chi connectivity index (χ3v) is 3.91. The second-order valence-electron chi connectivity index (χ2n) is 4.28. The monoisotopic (exact) mass is 270 g/mol. The Morgan fingerprint density at radius 3 is 2.33 bits per heavy atom. The predicted molar refractivity (Wildman–Crippen MR) is 69.9 cm³/mol. The molecule has 0 heterocycles. The summed E-state index contributed by atoms with van der Waals surface area (Å²) >= 11 is 0. The van der Waals surface area contributed by atoms with Crippen LogP contribution in [0.2, 0.25) is 0 Å². The van der Waals surface area contributed by atoms with Crippen molar-refractivity contribution in [3.8, 4) is 0 Å². The average molecular weight is 270 g/mol. The van der Waals surface area contributed by atoms with E-state index in [2.05, 4.69) is 0 Å². The maximum absolute atomic E-state index is 12.1. The van der Waals surface area contributed by atoms with Crippen LogP contribution in [0.25, 0.3) is 0 Å². The zero-order valence-corrected chi connectivity index (χ0v) is 11.8. The minimum absolute atomic E-state index is 0.0292. The normalized spacial score (nSPS) is 11.4. The van der Waals surface area contributed by atoms with Crippen LogP contribution in [0.4, 0.5) is 0 Å². The quantitative estimate of drug-likeness (QED) is 0.891. The fourth-order valence-electron chi connectivity index (χ4n) is 1.56. The zero-order chi connectivity index (χ0) is 14.1. The van der Waals surface area contributed by atoms with E-state index in [1.165, 1.54) is 17.0 Å². The van der Waals surface area contributed by atoms with Crippen LogP contribution in [0, 0.1) is 13.8 Å². The van der Waals surface area contributed by atoms with E-state index in [1.54, 1.807) is 20.9 Å². The minimum Gasteiger partial charge on any atom is -0.342 e. The number of nitrogens with zero attached hydrogens (tertiary/aromatic N) is 1. The smallest absolute Gasteiger partial charge is 0.253 e. The summed E-state index contributed by atoms with van der Waals surface area (Å²) in [6, 6.07) is 2.82. The first kappa shape index (κ1) is 14.7. The Hall–Kier alpha value is -1.40. The number of carbonyl (C=O) groups is 1. The molecule has 0 atom stereocenters. The molecule has 1 aromatic carbocycles. The molecular weight excluding hydrogens is 252 g/mol. The topological polar surface area (TPSA) is 80.5 Å². The van der Waals surface area contributed by atoms with Gasteiger partial charge in [-0.25, -0.2) is 13.6 Å². The van der Waals surface area contributed by atoms with Crippen LogP contribution in [0.1, 0.15) is 28.4 Å². The highest BCUT2D eigenvalue weighted by Crippen LogP contribution is 2.20. The van der Waals surface area contributed by atoms with Crippen LogP contribution in [0.15, 0.2) is 17.0 Å². The van der Waals surface area contributed by atoms with Crippen LogP contribution in [-0.4, -0.2) is 32.8 Å². The minimum atomic E-state index is -3.80. The lowest BCUT2D eigenvalue weighted by Crippen LogP contribution is -2.27. The lowest BCUT2D eigenvalue weighted by atomic mass is 10.0. The van der Waals surface area contributed by atoms with Crippen LogP contribution in [0.5, 0.6) is 0 Å². The average Bonchev–Trinajstić information content (AvgIpc) is 2.29. The lowest BCUT2D eigenvalue weighted by molar-refractivity contribution is 0.0801. The molecule has 18 heavy (non-hydrogen) atoms.